The summed E-state index contributed by atoms with van der Waals surface area (Å²) < 4.78 is 11.5. The van der Waals surface area contributed by atoms with Crippen LogP contribution in [0.1, 0.15) is 75.3 Å². The van der Waals surface area contributed by atoms with Crippen LogP contribution in [0.5, 0.6) is 11.5 Å². The van der Waals surface area contributed by atoms with Gasteiger partial charge >= 0.3 is 0 Å². The van der Waals surface area contributed by atoms with Crippen LogP contribution in [0, 0.1) is 11.3 Å². The summed E-state index contributed by atoms with van der Waals surface area (Å²) in [5.41, 5.74) is 4.37. The van der Waals surface area contributed by atoms with Gasteiger partial charge in [0.15, 0.2) is 11.5 Å². The fourth-order valence-corrected chi connectivity index (χ4v) is 5.44. The highest BCUT2D eigenvalue weighted by molar-refractivity contribution is 5.77. The maximum absolute atomic E-state index is 10.0. The first-order valence-electron chi connectivity index (χ1n) is 11.7. The first-order valence-corrected chi connectivity index (χ1v) is 11.7. The van der Waals surface area contributed by atoms with Gasteiger partial charge in [0.05, 0.1) is 31.1 Å². The van der Waals surface area contributed by atoms with Crippen molar-refractivity contribution >= 4 is 5.70 Å². The van der Waals surface area contributed by atoms with Crippen molar-refractivity contribution in [2.75, 3.05) is 33.4 Å². The number of hydrogen-bond acceptors (Lipinski definition) is 5. The third kappa shape index (κ3) is 4.30. The van der Waals surface area contributed by atoms with Gasteiger partial charge in [0, 0.05) is 17.5 Å². The lowest BCUT2D eigenvalue weighted by atomic mass is 9.74. The molecule has 2 aliphatic heterocycles. The number of ether oxygens (including phenoxy) is 2. The van der Waals surface area contributed by atoms with Crippen molar-refractivity contribution in [3.05, 3.63) is 28.8 Å². The highest BCUT2D eigenvalue weighted by atomic mass is 16.5. The second kappa shape index (κ2) is 9.75. The highest BCUT2D eigenvalue weighted by Crippen LogP contribution is 2.46. The molecule has 5 heteroatoms. The third-order valence-corrected chi connectivity index (χ3v) is 6.94. The van der Waals surface area contributed by atoms with Crippen molar-refractivity contribution in [1.29, 1.82) is 5.26 Å². The van der Waals surface area contributed by atoms with Crippen molar-refractivity contribution in [2.24, 2.45) is 0 Å². The van der Waals surface area contributed by atoms with Crippen LogP contribution in [0.25, 0.3) is 5.70 Å². The third-order valence-electron chi connectivity index (χ3n) is 6.94. The van der Waals surface area contributed by atoms with E-state index in [1.54, 1.807) is 7.11 Å². The molecule has 2 atom stereocenters. The van der Waals surface area contributed by atoms with Crippen molar-refractivity contribution in [3.63, 3.8) is 0 Å². The Labute approximate surface area is 181 Å². The molecule has 0 amide bonds. The van der Waals surface area contributed by atoms with Gasteiger partial charge in [-0.3, -0.25) is 0 Å². The van der Waals surface area contributed by atoms with E-state index in [0.717, 1.165) is 54.1 Å². The average Bonchev–Trinajstić information content (AvgIpc) is 3.30. The molecular weight excluding hydrogens is 374 g/mol. The smallest absolute Gasteiger partial charge is 0.161 e. The number of rotatable bonds is 7. The molecule has 0 radical (unpaired) electrons. The highest BCUT2D eigenvalue weighted by Gasteiger charge is 2.35. The van der Waals surface area contributed by atoms with Gasteiger partial charge in [-0.2, -0.15) is 5.26 Å². The zero-order valence-corrected chi connectivity index (χ0v) is 18.5. The lowest BCUT2D eigenvalue weighted by molar-refractivity contribution is 0.306. The molecule has 5 nitrogen and oxygen atoms in total. The van der Waals surface area contributed by atoms with Crippen LogP contribution in [0.2, 0.25) is 0 Å². The molecule has 1 saturated heterocycles. The van der Waals surface area contributed by atoms with Gasteiger partial charge in [0.25, 0.3) is 0 Å². The predicted octanol–water partition coefficient (Wildman–Crippen LogP) is 4.83. The average molecular weight is 410 g/mol. The van der Waals surface area contributed by atoms with E-state index in [0.29, 0.717) is 18.6 Å². The summed E-state index contributed by atoms with van der Waals surface area (Å²) in [4.78, 5) is 2.52. The molecule has 0 bridgehead atoms. The molecule has 1 saturated carbocycles. The van der Waals surface area contributed by atoms with E-state index < -0.39 is 0 Å². The Morgan fingerprint density at radius 2 is 1.97 bits per heavy atom. The van der Waals surface area contributed by atoms with E-state index in [1.807, 2.05) is 6.92 Å². The van der Waals surface area contributed by atoms with Gasteiger partial charge in [0.1, 0.15) is 0 Å². The summed E-state index contributed by atoms with van der Waals surface area (Å²) in [6, 6.07) is 7.22. The Balaban J connectivity index is 1.68. The molecule has 0 aromatic heterocycles. The number of methoxy groups -OCH3 is 1. The van der Waals surface area contributed by atoms with Gasteiger partial charge < -0.3 is 19.7 Å². The molecule has 1 aromatic rings. The number of fused-ring (bicyclic) bond motifs is 3. The first-order chi connectivity index (χ1) is 14.7. The van der Waals surface area contributed by atoms with E-state index in [2.05, 4.69) is 28.4 Å². The molecule has 0 unspecified atom stereocenters. The lowest BCUT2D eigenvalue weighted by Gasteiger charge is -2.40. The SMILES string of the molecule is CCOc1cc2c(cc1OC)/C(=C(/C#N)CCCN1CCCC1)N[C@@H]1CCCC[C@H]21. The number of likely N-dealkylation sites (tertiary alicyclic amines) is 1. The van der Waals surface area contributed by atoms with Crippen LogP contribution in [0.15, 0.2) is 17.7 Å². The number of benzene rings is 1. The number of nitrogens with zero attached hydrogens (tertiary/aromatic N) is 2. The monoisotopic (exact) mass is 409 g/mol. The summed E-state index contributed by atoms with van der Waals surface area (Å²) >= 11 is 0. The van der Waals surface area contributed by atoms with Gasteiger partial charge in [-0.05, 0) is 82.8 Å². The lowest BCUT2D eigenvalue weighted by Crippen LogP contribution is -2.41. The first kappa shape index (κ1) is 21.1. The van der Waals surface area contributed by atoms with Gasteiger partial charge in [0.2, 0.25) is 0 Å². The van der Waals surface area contributed by atoms with Crippen LogP contribution in [-0.4, -0.2) is 44.3 Å². The van der Waals surface area contributed by atoms with E-state index in [9.17, 15) is 5.26 Å². The number of hydrogen-bond donors (Lipinski definition) is 1. The van der Waals surface area contributed by atoms with Crippen LogP contribution >= 0.6 is 0 Å². The molecule has 4 rings (SSSR count). The summed E-state index contributed by atoms with van der Waals surface area (Å²) in [7, 11) is 1.69. The van der Waals surface area contributed by atoms with E-state index in [1.165, 1.54) is 50.8 Å². The molecule has 1 aromatic carbocycles. The second-order valence-electron chi connectivity index (χ2n) is 8.78. The molecule has 2 heterocycles. The zero-order valence-electron chi connectivity index (χ0n) is 18.5. The molecule has 1 N–H and O–H groups in total. The number of allylic oxidation sites excluding steroid dienone is 1. The standard InChI is InChI=1S/C25H35N3O2/c1-3-30-24-15-20-19-10-4-5-11-22(19)27-25(21(20)16-23(24)29-2)18(17-26)9-8-14-28-12-6-7-13-28/h15-16,19,22,27H,3-14H2,1-2H3/b25-18-/t19-,22-/m1/s1. The minimum Gasteiger partial charge on any atom is -0.493 e. The van der Waals surface area contributed by atoms with Gasteiger partial charge in [-0.25, -0.2) is 0 Å². The van der Waals surface area contributed by atoms with E-state index in [-0.39, 0.29) is 0 Å². The van der Waals surface area contributed by atoms with Crippen molar-refractivity contribution in [3.8, 4) is 17.6 Å². The molecule has 0 spiro atoms. The van der Waals surface area contributed by atoms with Crippen LogP contribution in [0.3, 0.4) is 0 Å². The minimum absolute atomic E-state index is 0.408. The Morgan fingerprint density at radius 3 is 2.70 bits per heavy atom. The molecular formula is C25H35N3O2. The van der Waals surface area contributed by atoms with Crippen LogP contribution in [-0.2, 0) is 0 Å². The van der Waals surface area contributed by atoms with Gasteiger partial charge in [-0.1, -0.05) is 12.8 Å². The van der Waals surface area contributed by atoms with Crippen molar-refractivity contribution < 1.29 is 9.47 Å². The zero-order chi connectivity index (χ0) is 20.9. The van der Waals surface area contributed by atoms with E-state index in [4.69, 9.17) is 9.47 Å². The second-order valence-corrected chi connectivity index (χ2v) is 8.78. The Bertz CT molecular complexity index is 820. The molecule has 3 aliphatic rings. The predicted molar refractivity (Wildman–Crippen MR) is 120 cm³/mol. The van der Waals surface area contributed by atoms with Crippen molar-refractivity contribution in [2.45, 2.75) is 70.3 Å². The molecule has 30 heavy (non-hydrogen) atoms. The molecule has 1 aliphatic carbocycles. The van der Waals surface area contributed by atoms with Crippen molar-refractivity contribution in [1.82, 2.24) is 10.2 Å². The quantitative estimate of drug-likeness (QED) is 0.654. The van der Waals surface area contributed by atoms with Crippen LogP contribution < -0.4 is 14.8 Å². The maximum atomic E-state index is 10.0. The number of nitrogens with one attached hydrogen (secondary N) is 1. The Morgan fingerprint density at radius 1 is 1.17 bits per heavy atom. The summed E-state index contributed by atoms with van der Waals surface area (Å²) in [5, 5.41) is 13.8. The summed E-state index contributed by atoms with van der Waals surface area (Å²) in [6.45, 7) is 6.12. The Kier molecular flexibility index (Phi) is 6.84. The largest absolute Gasteiger partial charge is 0.493 e. The van der Waals surface area contributed by atoms with E-state index >= 15 is 0 Å². The Hall–Kier alpha value is -2.19. The van der Waals surface area contributed by atoms with Gasteiger partial charge in [-0.15, -0.1) is 0 Å². The summed E-state index contributed by atoms with van der Waals surface area (Å²) in [5.74, 6) is 2.04. The fraction of sp³-hybridized carbons (Fsp3) is 0.640. The summed E-state index contributed by atoms with van der Waals surface area (Å²) in [6.07, 6.45) is 9.34. The topological polar surface area (TPSA) is 57.5 Å². The normalized spacial score (nSPS) is 25.0. The maximum Gasteiger partial charge on any atom is 0.161 e. The fourth-order valence-electron chi connectivity index (χ4n) is 5.44. The molecule has 162 valence electrons. The molecule has 2 fully saturated rings. The number of nitriles is 1. The minimum atomic E-state index is 0.408. The van der Waals surface area contributed by atoms with Crippen LogP contribution in [0.4, 0.5) is 0 Å².